The number of nitrogens with zero attached hydrogens (tertiary/aromatic N) is 3. The van der Waals surface area contributed by atoms with Gasteiger partial charge < -0.3 is 0 Å². The molecule has 0 saturated heterocycles. The number of fused-ring (bicyclic) bond motifs is 1. The molecule has 1 aromatic carbocycles. The molecule has 0 amide bonds. The van der Waals surface area contributed by atoms with Gasteiger partial charge in [0.15, 0.2) is 0 Å². The first-order valence-electron chi connectivity index (χ1n) is 6.35. The molecule has 0 unspecified atom stereocenters. The molecule has 3 rings (SSSR count). The molecule has 2 aromatic heterocycles. The topological polar surface area (TPSA) is 30.7 Å². The van der Waals surface area contributed by atoms with Gasteiger partial charge in [-0.3, -0.25) is 9.55 Å². The molecule has 2 heterocycles. The summed E-state index contributed by atoms with van der Waals surface area (Å²) >= 11 is 0. The van der Waals surface area contributed by atoms with Crippen molar-refractivity contribution in [1.82, 2.24) is 14.5 Å². The molecule has 3 aromatic rings. The summed E-state index contributed by atoms with van der Waals surface area (Å²) in [5, 5.41) is 0. The van der Waals surface area contributed by atoms with Crippen LogP contribution in [0.25, 0.3) is 16.7 Å². The number of rotatable bonds is 2. The molecule has 0 aliphatic carbocycles. The fourth-order valence-corrected chi connectivity index (χ4v) is 2.25. The Kier molecular flexibility index (Phi) is 2.97. The second-order valence-corrected chi connectivity index (χ2v) is 4.95. The minimum atomic E-state index is -0.435. The van der Waals surface area contributed by atoms with Gasteiger partial charge in [0, 0.05) is 18.1 Å². The molecular weight excluding hydrogens is 260 g/mol. The predicted octanol–water partition coefficient (Wildman–Crippen LogP) is 3.82. The largest absolute Gasteiger partial charge is 0.294 e. The first-order chi connectivity index (χ1) is 9.56. The fraction of sp³-hybridized carbons (Fsp3) is 0.200. The number of hydrogen-bond donors (Lipinski definition) is 0. The van der Waals surface area contributed by atoms with Gasteiger partial charge in [-0.15, -0.1) is 0 Å². The average Bonchev–Trinajstić information content (AvgIpc) is 2.77. The van der Waals surface area contributed by atoms with Crippen molar-refractivity contribution in [2.75, 3.05) is 0 Å². The molecule has 0 radical (unpaired) electrons. The van der Waals surface area contributed by atoms with E-state index in [4.69, 9.17) is 0 Å². The molecule has 0 spiro atoms. The predicted molar refractivity (Wildman–Crippen MR) is 72.9 cm³/mol. The van der Waals surface area contributed by atoms with Gasteiger partial charge >= 0.3 is 0 Å². The third kappa shape index (κ3) is 2.05. The highest BCUT2D eigenvalue weighted by atomic mass is 19.1. The van der Waals surface area contributed by atoms with Crippen LogP contribution in [-0.2, 0) is 0 Å². The van der Waals surface area contributed by atoms with Crippen LogP contribution in [0.5, 0.6) is 0 Å². The Bertz CT molecular complexity index is 778. The lowest BCUT2D eigenvalue weighted by Crippen LogP contribution is -2.04. The summed E-state index contributed by atoms with van der Waals surface area (Å²) in [5.41, 5.74) is 1.84. The van der Waals surface area contributed by atoms with Gasteiger partial charge in [-0.1, -0.05) is 13.8 Å². The van der Waals surface area contributed by atoms with Crippen LogP contribution in [0.1, 0.15) is 25.6 Å². The summed E-state index contributed by atoms with van der Waals surface area (Å²) in [6.07, 6.45) is 2.68. The molecular formula is C15H13F2N3. The molecule has 3 nitrogen and oxygen atoms in total. The van der Waals surface area contributed by atoms with Gasteiger partial charge in [0.25, 0.3) is 0 Å². The maximum Gasteiger partial charge on any atom is 0.143 e. The van der Waals surface area contributed by atoms with Gasteiger partial charge in [-0.2, -0.15) is 0 Å². The summed E-state index contributed by atoms with van der Waals surface area (Å²) in [4.78, 5) is 8.36. The lowest BCUT2D eigenvalue weighted by atomic mass is 10.2. The highest BCUT2D eigenvalue weighted by Crippen LogP contribution is 2.26. The van der Waals surface area contributed by atoms with Crippen molar-refractivity contribution in [3.63, 3.8) is 0 Å². The Morgan fingerprint density at radius 1 is 1.05 bits per heavy atom. The Morgan fingerprint density at radius 2 is 1.85 bits per heavy atom. The van der Waals surface area contributed by atoms with Gasteiger partial charge in [0.2, 0.25) is 0 Å². The Balaban J connectivity index is 2.36. The van der Waals surface area contributed by atoms with Crippen molar-refractivity contribution in [3.05, 3.63) is 54.1 Å². The van der Waals surface area contributed by atoms with Gasteiger partial charge in [-0.25, -0.2) is 13.8 Å². The highest BCUT2D eigenvalue weighted by Gasteiger charge is 2.16. The van der Waals surface area contributed by atoms with Crippen molar-refractivity contribution in [2.24, 2.45) is 0 Å². The lowest BCUT2D eigenvalue weighted by Gasteiger charge is -2.11. The van der Waals surface area contributed by atoms with Crippen LogP contribution < -0.4 is 0 Å². The first-order valence-corrected chi connectivity index (χ1v) is 6.35. The minimum absolute atomic E-state index is 0.119. The van der Waals surface area contributed by atoms with Crippen LogP contribution >= 0.6 is 0 Å². The standard InChI is InChI=1S/C15H13F2N3/c1-9(2)15-19-13-4-3-10(16)6-14(13)20(15)12-5-11(17)7-18-8-12/h3-9H,1-2H3. The van der Waals surface area contributed by atoms with E-state index in [9.17, 15) is 8.78 Å². The van der Waals surface area contributed by atoms with Crippen LogP contribution in [0, 0.1) is 11.6 Å². The zero-order valence-electron chi connectivity index (χ0n) is 11.1. The van der Waals surface area contributed by atoms with Crippen LogP contribution in [0.2, 0.25) is 0 Å². The smallest absolute Gasteiger partial charge is 0.143 e. The maximum atomic E-state index is 13.5. The molecule has 0 N–H and O–H groups in total. The van der Waals surface area contributed by atoms with E-state index in [2.05, 4.69) is 9.97 Å². The van der Waals surface area contributed by atoms with E-state index in [-0.39, 0.29) is 11.7 Å². The van der Waals surface area contributed by atoms with Crippen LogP contribution in [-0.4, -0.2) is 14.5 Å². The first kappa shape index (κ1) is 12.7. The second-order valence-electron chi connectivity index (χ2n) is 4.95. The Morgan fingerprint density at radius 3 is 2.55 bits per heavy atom. The quantitative estimate of drug-likeness (QED) is 0.710. The second kappa shape index (κ2) is 4.67. The molecule has 0 saturated carbocycles. The third-order valence-corrected chi connectivity index (χ3v) is 3.11. The van der Waals surface area contributed by atoms with Crippen LogP contribution in [0.4, 0.5) is 8.78 Å². The number of hydrogen-bond acceptors (Lipinski definition) is 2. The summed E-state index contributed by atoms with van der Waals surface area (Å²) in [6.45, 7) is 3.97. The molecule has 0 bridgehead atoms. The summed E-state index contributed by atoms with van der Waals surface area (Å²) in [6, 6.07) is 5.76. The minimum Gasteiger partial charge on any atom is -0.294 e. The van der Waals surface area contributed by atoms with E-state index >= 15 is 0 Å². The maximum absolute atomic E-state index is 13.5. The molecule has 0 aliphatic rings. The Hall–Kier alpha value is -2.30. The molecule has 20 heavy (non-hydrogen) atoms. The van der Waals surface area contributed by atoms with E-state index in [1.165, 1.54) is 18.2 Å². The van der Waals surface area contributed by atoms with Crippen LogP contribution in [0.3, 0.4) is 0 Å². The molecule has 102 valence electrons. The van der Waals surface area contributed by atoms with Crippen molar-refractivity contribution in [3.8, 4) is 5.69 Å². The molecule has 0 fully saturated rings. The van der Waals surface area contributed by atoms with E-state index in [1.807, 2.05) is 13.8 Å². The van der Waals surface area contributed by atoms with Gasteiger partial charge in [0.05, 0.1) is 29.1 Å². The normalized spacial score (nSPS) is 11.4. The Labute approximate surface area is 114 Å². The van der Waals surface area contributed by atoms with Crippen LogP contribution in [0.15, 0.2) is 36.7 Å². The number of pyridine rings is 1. The van der Waals surface area contributed by atoms with Crippen molar-refractivity contribution < 1.29 is 8.78 Å². The lowest BCUT2D eigenvalue weighted by molar-refractivity contribution is 0.619. The summed E-state index contributed by atoms with van der Waals surface area (Å²) in [7, 11) is 0. The monoisotopic (exact) mass is 273 g/mol. The van der Waals surface area contributed by atoms with Crippen molar-refractivity contribution in [2.45, 2.75) is 19.8 Å². The number of aromatic nitrogens is 3. The number of benzene rings is 1. The average molecular weight is 273 g/mol. The highest BCUT2D eigenvalue weighted by molar-refractivity contribution is 5.78. The van der Waals surface area contributed by atoms with Crippen molar-refractivity contribution >= 4 is 11.0 Å². The van der Waals surface area contributed by atoms with E-state index in [0.717, 1.165) is 12.0 Å². The van der Waals surface area contributed by atoms with Gasteiger partial charge in [0.1, 0.15) is 17.5 Å². The number of halogens is 2. The summed E-state index contributed by atoms with van der Waals surface area (Å²) in [5.74, 6) is 0.0838. The zero-order valence-corrected chi connectivity index (χ0v) is 11.1. The zero-order chi connectivity index (χ0) is 14.3. The third-order valence-electron chi connectivity index (χ3n) is 3.11. The van der Waals surface area contributed by atoms with Crippen molar-refractivity contribution in [1.29, 1.82) is 0 Å². The SMILES string of the molecule is CC(C)c1nc2ccc(F)cc2n1-c1cncc(F)c1. The van der Waals surface area contributed by atoms with E-state index in [0.29, 0.717) is 16.7 Å². The number of imidazole rings is 1. The molecule has 0 aliphatic heterocycles. The molecule has 5 heteroatoms. The fourth-order valence-electron chi connectivity index (χ4n) is 2.25. The summed E-state index contributed by atoms with van der Waals surface area (Å²) < 4.78 is 28.6. The molecule has 0 atom stereocenters. The van der Waals surface area contributed by atoms with Gasteiger partial charge in [-0.05, 0) is 12.1 Å². The van der Waals surface area contributed by atoms with E-state index < -0.39 is 5.82 Å². The van der Waals surface area contributed by atoms with E-state index in [1.54, 1.807) is 16.8 Å².